The van der Waals surface area contributed by atoms with Gasteiger partial charge in [-0.15, -0.1) is 0 Å². The Labute approximate surface area is 181 Å². The molecule has 0 saturated carbocycles. The number of nitrogens with zero attached hydrogens (tertiary/aromatic N) is 3. The molecule has 0 bridgehead atoms. The molecule has 0 aliphatic carbocycles. The Morgan fingerprint density at radius 1 is 0.935 bits per heavy atom. The van der Waals surface area contributed by atoms with E-state index >= 15 is 0 Å². The number of anilines is 1. The molecule has 9 heteroatoms. The molecule has 2 heterocycles. The molecule has 0 spiro atoms. The van der Waals surface area contributed by atoms with Crippen LogP contribution in [0.15, 0.2) is 65.1 Å². The van der Waals surface area contributed by atoms with Crippen molar-refractivity contribution in [2.75, 3.05) is 44.7 Å². The van der Waals surface area contributed by atoms with E-state index in [9.17, 15) is 18.0 Å². The van der Waals surface area contributed by atoms with Crippen molar-refractivity contribution in [3.8, 4) is 11.1 Å². The molecular formula is C22H24N4O4S. The number of carbonyl (C=O) groups excluding carboxylic acids is 2. The molecule has 1 fully saturated rings. The first-order valence-electron chi connectivity index (χ1n) is 9.94. The van der Waals surface area contributed by atoms with Crippen LogP contribution in [0.1, 0.15) is 0 Å². The van der Waals surface area contributed by atoms with Crippen molar-refractivity contribution in [1.82, 2.24) is 9.21 Å². The summed E-state index contributed by atoms with van der Waals surface area (Å²) in [6, 6.07) is 14.3. The molecule has 0 unspecified atom stereocenters. The molecule has 162 valence electrons. The van der Waals surface area contributed by atoms with Gasteiger partial charge in [0.1, 0.15) is 0 Å². The molecule has 2 N–H and O–H groups in total. The van der Waals surface area contributed by atoms with E-state index in [1.807, 2.05) is 36.2 Å². The minimum atomic E-state index is -3.71. The maximum absolute atomic E-state index is 12.8. The highest BCUT2D eigenvalue weighted by Crippen LogP contribution is 2.27. The van der Waals surface area contributed by atoms with Gasteiger partial charge < -0.3 is 10.6 Å². The van der Waals surface area contributed by atoms with Gasteiger partial charge in [0.15, 0.2) is 0 Å². The lowest BCUT2D eigenvalue weighted by atomic mass is 10.1. The highest BCUT2D eigenvalue weighted by molar-refractivity contribution is 7.89. The Kier molecular flexibility index (Phi) is 5.65. The minimum Gasteiger partial charge on any atom is -0.366 e. The number of hydrogen-bond acceptors (Lipinski definition) is 5. The first-order chi connectivity index (χ1) is 14.8. The molecule has 4 rings (SSSR count). The van der Waals surface area contributed by atoms with Gasteiger partial charge in [0.05, 0.1) is 11.4 Å². The number of primary amides is 1. The summed E-state index contributed by atoms with van der Waals surface area (Å²) in [6.45, 7) is 2.02. The summed E-state index contributed by atoms with van der Waals surface area (Å²) < 4.78 is 26.9. The van der Waals surface area contributed by atoms with Crippen LogP contribution in [0.3, 0.4) is 0 Å². The predicted octanol–water partition coefficient (Wildman–Crippen LogP) is 1.05. The first-order valence-corrected chi connectivity index (χ1v) is 11.4. The number of carbonyl (C=O) groups is 2. The van der Waals surface area contributed by atoms with Crippen molar-refractivity contribution in [1.29, 1.82) is 0 Å². The third-order valence-electron chi connectivity index (χ3n) is 5.62. The fourth-order valence-corrected chi connectivity index (χ4v) is 5.12. The van der Waals surface area contributed by atoms with Crippen LogP contribution in [0, 0.1) is 0 Å². The van der Waals surface area contributed by atoms with E-state index in [0.29, 0.717) is 18.7 Å². The molecule has 2 aliphatic heterocycles. The summed E-state index contributed by atoms with van der Waals surface area (Å²) in [6.07, 6.45) is 1.54. The van der Waals surface area contributed by atoms with Gasteiger partial charge in [-0.3, -0.25) is 14.5 Å². The molecule has 1 saturated heterocycles. The molecule has 2 aromatic rings. The predicted molar refractivity (Wildman–Crippen MR) is 118 cm³/mol. The molecule has 31 heavy (non-hydrogen) atoms. The van der Waals surface area contributed by atoms with E-state index in [0.717, 1.165) is 23.4 Å². The summed E-state index contributed by atoms with van der Waals surface area (Å²) in [5, 5.41) is 0. The maximum atomic E-state index is 12.8. The van der Waals surface area contributed by atoms with Crippen LogP contribution >= 0.6 is 0 Å². The second-order valence-corrected chi connectivity index (χ2v) is 9.68. The number of nitrogens with two attached hydrogens (primary N) is 1. The Balaban J connectivity index is 1.48. The average molecular weight is 441 g/mol. The SMILES string of the molecule is CN1CCN(c2ccc(-c3ccc(S(=O)(=O)N4CC=C(C(N)=O)C4)cc3)cc2)C(=O)C1. The van der Waals surface area contributed by atoms with E-state index in [1.54, 1.807) is 35.2 Å². The lowest BCUT2D eigenvalue weighted by Gasteiger charge is -2.32. The first kappa shape index (κ1) is 21.2. The second-order valence-electron chi connectivity index (χ2n) is 7.75. The zero-order valence-corrected chi connectivity index (χ0v) is 18.0. The van der Waals surface area contributed by atoms with Crippen LogP contribution in [-0.4, -0.2) is 69.2 Å². The topological polar surface area (TPSA) is 104 Å². The standard InChI is InChI=1S/C22H24N4O4S/c1-24-12-13-26(21(27)15-24)19-6-2-16(3-7-19)17-4-8-20(9-5-17)31(29,30)25-11-10-18(14-25)22(23)28/h2-10H,11-15H2,1H3,(H2,23,28). The quantitative estimate of drug-likeness (QED) is 0.748. The molecule has 2 aliphatic rings. The number of hydrogen-bond donors (Lipinski definition) is 1. The summed E-state index contributed by atoms with van der Waals surface area (Å²) in [5.41, 5.74) is 8.20. The number of piperazine rings is 1. The number of likely N-dealkylation sites (N-methyl/N-ethyl adjacent to an activating group) is 1. The van der Waals surface area contributed by atoms with Gasteiger partial charge in [0, 0.05) is 37.4 Å². The highest BCUT2D eigenvalue weighted by atomic mass is 32.2. The largest absolute Gasteiger partial charge is 0.366 e. The average Bonchev–Trinajstić information content (AvgIpc) is 3.26. The van der Waals surface area contributed by atoms with E-state index < -0.39 is 15.9 Å². The van der Waals surface area contributed by atoms with Crippen molar-refractivity contribution in [2.45, 2.75) is 4.90 Å². The van der Waals surface area contributed by atoms with Crippen LogP contribution in [0.2, 0.25) is 0 Å². The van der Waals surface area contributed by atoms with Crippen molar-refractivity contribution >= 4 is 27.5 Å². The lowest BCUT2D eigenvalue weighted by Crippen LogP contribution is -2.48. The van der Waals surface area contributed by atoms with Gasteiger partial charge in [-0.2, -0.15) is 4.31 Å². The van der Waals surface area contributed by atoms with Gasteiger partial charge in [-0.1, -0.05) is 30.3 Å². The van der Waals surface area contributed by atoms with Crippen LogP contribution in [0.5, 0.6) is 0 Å². The smallest absolute Gasteiger partial charge is 0.245 e. The molecule has 0 radical (unpaired) electrons. The Morgan fingerprint density at radius 3 is 2.10 bits per heavy atom. The molecular weight excluding hydrogens is 416 g/mol. The van der Waals surface area contributed by atoms with Crippen LogP contribution < -0.4 is 10.6 Å². The summed E-state index contributed by atoms with van der Waals surface area (Å²) in [5.74, 6) is -0.526. The Morgan fingerprint density at radius 2 is 1.55 bits per heavy atom. The lowest BCUT2D eigenvalue weighted by molar-refractivity contribution is -0.120. The fraction of sp³-hybridized carbons (Fsp3) is 0.273. The van der Waals surface area contributed by atoms with E-state index in [1.165, 1.54) is 4.31 Å². The summed E-state index contributed by atoms with van der Waals surface area (Å²) >= 11 is 0. The van der Waals surface area contributed by atoms with Crippen LogP contribution in [0.25, 0.3) is 11.1 Å². The molecule has 0 aromatic heterocycles. The maximum Gasteiger partial charge on any atom is 0.245 e. The normalized spacial score (nSPS) is 18.3. The van der Waals surface area contributed by atoms with E-state index in [2.05, 4.69) is 0 Å². The van der Waals surface area contributed by atoms with Crippen molar-refractivity contribution in [2.24, 2.45) is 5.73 Å². The number of rotatable bonds is 5. The molecule has 2 amide bonds. The van der Waals surface area contributed by atoms with Crippen LogP contribution in [0.4, 0.5) is 5.69 Å². The zero-order chi connectivity index (χ0) is 22.2. The number of amides is 2. The van der Waals surface area contributed by atoms with Gasteiger partial charge in [-0.05, 0) is 42.4 Å². The van der Waals surface area contributed by atoms with Crippen molar-refractivity contribution in [3.05, 3.63) is 60.2 Å². The molecule has 8 nitrogen and oxygen atoms in total. The van der Waals surface area contributed by atoms with Gasteiger partial charge >= 0.3 is 0 Å². The number of sulfonamides is 1. The van der Waals surface area contributed by atoms with Crippen LogP contribution in [-0.2, 0) is 19.6 Å². The van der Waals surface area contributed by atoms with Gasteiger partial charge in [-0.25, -0.2) is 8.42 Å². The number of benzene rings is 2. The fourth-order valence-electron chi connectivity index (χ4n) is 3.76. The highest BCUT2D eigenvalue weighted by Gasteiger charge is 2.29. The van der Waals surface area contributed by atoms with Gasteiger partial charge in [0.2, 0.25) is 21.8 Å². The van der Waals surface area contributed by atoms with Gasteiger partial charge in [0.25, 0.3) is 0 Å². The zero-order valence-electron chi connectivity index (χ0n) is 17.2. The Hall–Kier alpha value is -3.01. The van der Waals surface area contributed by atoms with E-state index in [4.69, 9.17) is 5.73 Å². The molecule has 0 atom stereocenters. The third-order valence-corrected chi connectivity index (χ3v) is 7.45. The minimum absolute atomic E-state index is 0.00804. The summed E-state index contributed by atoms with van der Waals surface area (Å²) in [7, 11) is -1.78. The van der Waals surface area contributed by atoms with Crippen molar-refractivity contribution in [3.63, 3.8) is 0 Å². The second kappa shape index (κ2) is 8.26. The van der Waals surface area contributed by atoms with E-state index in [-0.39, 0.29) is 23.9 Å². The summed E-state index contributed by atoms with van der Waals surface area (Å²) in [4.78, 5) is 27.5. The van der Waals surface area contributed by atoms with Crippen molar-refractivity contribution < 1.29 is 18.0 Å². The Bertz CT molecular complexity index is 1140. The molecule has 2 aromatic carbocycles. The monoisotopic (exact) mass is 440 g/mol. The third kappa shape index (κ3) is 4.25.